The number of H-pyrrole nitrogens is 1. The van der Waals surface area contributed by atoms with Gasteiger partial charge in [0.1, 0.15) is 12.1 Å². The Bertz CT molecular complexity index is 1300. The van der Waals surface area contributed by atoms with Crippen LogP contribution < -0.4 is 0 Å². The van der Waals surface area contributed by atoms with E-state index in [1.807, 2.05) is 17.1 Å². The van der Waals surface area contributed by atoms with Crippen LogP contribution in [0.3, 0.4) is 0 Å². The highest BCUT2D eigenvalue weighted by molar-refractivity contribution is 6.32. The van der Waals surface area contributed by atoms with Crippen LogP contribution in [0, 0.1) is 5.92 Å². The van der Waals surface area contributed by atoms with Crippen molar-refractivity contribution in [2.45, 2.75) is 24.3 Å². The van der Waals surface area contributed by atoms with Crippen molar-refractivity contribution in [1.82, 2.24) is 29.9 Å². The zero-order valence-electron chi connectivity index (χ0n) is 17.1. The molecule has 170 valence electrons. The van der Waals surface area contributed by atoms with Crippen molar-refractivity contribution < 1.29 is 18.0 Å². The number of nitrogens with zero attached hydrogens (tertiary/aromatic N) is 5. The Morgan fingerprint density at radius 1 is 1.24 bits per heavy atom. The molecule has 33 heavy (non-hydrogen) atoms. The number of halogens is 4. The molecule has 5 rings (SSSR count). The first-order chi connectivity index (χ1) is 15.7. The highest BCUT2D eigenvalue weighted by Gasteiger charge is 2.51. The summed E-state index contributed by atoms with van der Waals surface area (Å²) in [4.78, 5) is 23.2. The second-order valence-electron chi connectivity index (χ2n) is 8.07. The van der Waals surface area contributed by atoms with Crippen LogP contribution in [0.15, 0.2) is 61.0 Å². The maximum Gasteiger partial charge on any atom is 0.417 e. The highest BCUT2D eigenvalue weighted by Crippen LogP contribution is 2.46. The van der Waals surface area contributed by atoms with Crippen LogP contribution in [0.25, 0.3) is 11.0 Å². The van der Waals surface area contributed by atoms with E-state index in [-0.39, 0.29) is 5.52 Å². The lowest BCUT2D eigenvalue weighted by Gasteiger charge is -2.44. The van der Waals surface area contributed by atoms with Crippen molar-refractivity contribution in [3.63, 3.8) is 0 Å². The number of alkyl halides is 3. The van der Waals surface area contributed by atoms with Crippen molar-refractivity contribution in [3.05, 3.63) is 77.4 Å². The molecule has 7 nitrogen and oxygen atoms in total. The molecular formula is C22H18ClF3N6O. The number of benzene rings is 1. The number of hydrogen-bond donors (Lipinski definition) is 1. The van der Waals surface area contributed by atoms with Crippen LogP contribution >= 0.6 is 11.6 Å². The molecule has 2 aromatic heterocycles. The number of allylic oxidation sites excluding steroid dienone is 2. The summed E-state index contributed by atoms with van der Waals surface area (Å²) in [6.07, 6.45) is 6.99. The molecule has 0 spiro atoms. The summed E-state index contributed by atoms with van der Waals surface area (Å²) < 4.78 is 40.0. The van der Waals surface area contributed by atoms with Crippen molar-refractivity contribution >= 4 is 28.9 Å². The number of carbonyl (C=O) groups excluding carboxylic acids is 1. The third-order valence-corrected chi connectivity index (χ3v) is 6.38. The molecule has 11 heteroatoms. The molecule has 1 fully saturated rings. The van der Waals surface area contributed by atoms with Gasteiger partial charge in [0.2, 0.25) is 0 Å². The van der Waals surface area contributed by atoms with Gasteiger partial charge in [-0.2, -0.15) is 28.2 Å². The minimum atomic E-state index is -4.59. The van der Waals surface area contributed by atoms with Crippen molar-refractivity contribution in [2.24, 2.45) is 5.92 Å². The summed E-state index contributed by atoms with van der Waals surface area (Å²) in [6.45, 7) is 4.54. The number of aldehydes is 1. The van der Waals surface area contributed by atoms with Crippen LogP contribution in [-0.2, 0) is 16.6 Å². The van der Waals surface area contributed by atoms with Gasteiger partial charge in [0.05, 0.1) is 46.0 Å². The third-order valence-electron chi connectivity index (χ3n) is 6.07. The van der Waals surface area contributed by atoms with E-state index in [2.05, 4.69) is 26.7 Å². The number of nitrogens with one attached hydrogen (secondary N) is 1. The fraction of sp³-hybridized carbons (Fsp3) is 0.273. The lowest BCUT2D eigenvalue weighted by molar-refractivity contribution is -0.137. The predicted molar refractivity (Wildman–Crippen MR) is 115 cm³/mol. The predicted octanol–water partition coefficient (Wildman–Crippen LogP) is 4.42. The van der Waals surface area contributed by atoms with Gasteiger partial charge in [-0.1, -0.05) is 42.0 Å². The maximum atomic E-state index is 13.3. The van der Waals surface area contributed by atoms with E-state index in [1.54, 1.807) is 12.2 Å². The SMILES string of the molecule is C=C1CC(c2nc3cc(Cl)c(C(F)(F)F)cc3[nH]2)N(C2(n3nccn3)C=CC=C[C@@H]2C=O)C1. The molecule has 1 saturated heterocycles. The molecule has 0 radical (unpaired) electrons. The van der Waals surface area contributed by atoms with Crippen molar-refractivity contribution in [3.8, 4) is 0 Å². The number of carbonyl (C=O) groups is 1. The van der Waals surface area contributed by atoms with Gasteiger partial charge in [0.15, 0.2) is 5.66 Å². The van der Waals surface area contributed by atoms with E-state index >= 15 is 0 Å². The number of hydrogen-bond acceptors (Lipinski definition) is 5. The van der Waals surface area contributed by atoms with Gasteiger partial charge in [0, 0.05) is 6.54 Å². The van der Waals surface area contributed by atoms with E-state index in [0.29, 0.717) is 24.3 Å². The van der Waals surface area contributed by atoms with Gasteiger partial charge in [0.25, 0.3) is 0 Å². The molecule has 2 aliphatic rings. The Labute approximate surface area is 191 Å². The number of imidazole rings is 1. The van der Waals surface area contributed by atoms with Gasteiger partial charge in [-0.25, -0.2) is 4.98 Å². The first kappa shape index (κ1) is 21.6. The number of likely N-dealkylation sites (tertiary alicyclic amines) is 1. The molecule has 1 aliphatic carbocycles. The Morgan fingerprint density at radius 3 is 2.70 bits per heavy atom. The maximum absolute atomic E-state index is 13.3. The zero-order valence-corrected chi connectivity index (χ0v) is 17.9. The van der Waals surface area contributed by atoms with E-state index < -0.39 is 34.4 Å². The monoisotopic (exact) mass is 474 g/mol. The summed E-state index contributed by atoms with van der Waals surface area (Å²) >= 11 is 5.88. The minimum Gasteiger partial charge on any atom is -0.341 e. The molecule has 3 atom stereocenters. The average molecular weight is 475 g/mol. The third kappa shape index (κ3) is 3.41. The first-order valence-electron chi connectivity index (χ1n) is 10.1. The van der Waals surface area contributed by atoms with Crippen molar-refractivity contribution in [2.75, 3.05) is 6.54 Å². The molecule has 1 aliphatic heterocycles. The Hall–Kier alpha value is -3.24. The molecular weight excluding hydrogens is 457 g/mol. The molecule has 1 aromatic carbocycles. The quantitative estimate of drug-likeness (QED) is 0.447. The topological polar surface area (TPSA) is 79.7 Å². The minimum absolute atomic E-state index is 0.219. The lowest BCUT2D eigenvalue weighted by atomic mass is 9.87. The summed E-state index contributed by atoms with van der Waals surface area (Å²) in [6, 6.07) is 1.75. The van der Waals surface area contributed by atoms with Gasteiger partial charge in [-0.15, -0.1) is 0 Å². The second-order valence-corrected chi connectivity index (χ2v) is 8.48. The number of rotatable bonds is 4. The molecule has 3 heterocycles. The Balaban J connectivity index is 1.64. The van der Waals surface area contributed by atoms with Crippen LogP contribution in [0.2, 0.25) is 5.02 Å². The van der Waals surface area contributed by atoms with Crippen LogP contribution in [0.1, 0.15) is 23.9 Å². The fourth-order valence-corrected chi connectivity index (χ4v) is 4.89. The van der Waals surface area contributed by atoms with E-state index in [1.165, 1.54) is 23.3 Å². The van der Waals surface area contributed by atoms with E-state index in [9.17, 15) is 18.0 Å². The van der Waals surface area contributed by atoms with Crippen LogP contribution in [0.5, 0.6) is 0 Å². The highest BCUT2D eigenvalue weighted by atomic mass is 35.5. The van der Waals surface area contributed by atoms with Gasteiger partial charge >= 0.3 is 6.18 Å². The van der Waals surface area contributed by atoms with Gasteiger partial charge in [-0.05, 0) is 24.6 Å². The van der Waals surface area contributed by atoms with E-state index in [0.717, 1.165) is 17.9 Å². The first-order valence-corrected chi connectivity index (χ1v) is 10.5. The standard InChI is InChI=1S/C22H18ClF3N6O/c1-13-8-19(20-29-17-9-15(22(24,25)26)16(23)10-18(17)30-20)31(11-13)21(32-27-6-7-28-32)5-3-2-4-14(21)12-33/h2-7,9-10,12,14,19H,1,8,11H2,(H,29,30)/t14-,19?,21?/m1/s1. The average Bonchev–Trinajstić information content (AvgIpc) is 3.51. The van der Waals surface area contributed by atoms with Gasteiger partial charge < -0.3 is 9.78 Å². The Morgan fingerprint density at radius 2 is 2.00 bits per heavy atom. The molecule has 2 unspecified atom stereocenters. The number of aromatic amines is 1. The zero-order chi connectivity index (χ0) is 23.4. The smallest absolute Gasteiger partial charge is 0.341 e. The van der Waals surface area contributed by atoms with E-state index in [4.69, 9.17) is 11.6 Å². The molecule has 3 aromatic rings. The Kier molecular flexibility index (Phi) is 5.02. The fourth-order valence-electron chi connectivity index (χ4n) is 4.63. The summed E-state index contributed by atoms with van der Waals surface area (Å²) in [5, 5.41) is 8.22. The lowest BCUT2D eigenvalue weighted by Crippen LogP contribution is -2.55. The molecule has 0 amide bonds. The van der Waals surface area contributed by atoms with Crippen molar-refractivity contribution in [1.29, 1.82) is 0 Å². The summed E-state index contributed by atoms with van der Waals surface area (Å²) in [7, 11) is 0. The molecule has 0 saturated carbocycles. The summed E-state index contributed by atoms with van der Waals surface area (Å²) in [5.41, 5.74) is -0.585. The largest absolute Gasteiger partial charge is 0.417 e. The normalized spacial score (nSPS) is 25.9. The number of fused-ring (bicyclic) bond motifs is 1. The number of aromatic nitrogens is 5. The van der Waals surface area contributed by atoms with Crippen LogP contribution in [0.4, 0.5) is 13.2 Å². The van der Waals surface area contributed by atoms with Gasteiger partial charge in [-0.3, -0.25) is 4.90 Å². The summed E-state index contributed by atoms with van der Waals surface area (Å²) in [5.74, 6) is -0.169. The molecule has 0 bridgehead atoms. The second kappa shape index (κ2) is 7.67. The molecule has 1 N–H and O–H groups in total. The van der Waals surface area contributed by atoms with Crippen LogP contribution in [-0.4, -0.2) is 42.7 Å².